The first-order valence-electron chi connectivity index (χ1n) is 5.75. The number of aromatic nitrogens is 1. The summed E-state index contributed by atoms with van der Waals surface area (Å²) in [5.74, 6) is 0. The van der Waals surface area contributed by atoms with Gasteiger partial charge in [-0.25, -0.2) is 0 Å². The molecule has 0 radical (unpaired) electrons. The maximum absolute atomic E-state index is 5.85. The van der Waals surface area contributed by atoms with Crippen molar-refractivity contribution >= 4 is 11.4 Å². The summed E-state index contributed by atoms with van der Waals surface area (Å²) in [6.45, 7) is 0.953. The highest BCUT2D eigenvalue weighted by atomic mass is 15.2. The van der Waals surface area contributed by atoms with Gasteiger partial charge in [0.15, 0.2) is 0 Å². The van der Waals surface area contributed by atoms with Crippen molar-refractivity contribution in [3.8, 4) is 0 Å². The molecule has 1 aliphatic rings. The van der Waals surface area contributed by atoms with E-state index in [1.54, 1.807) is 12.4 Å². The van der Waals surface area contributed by atoms with Crippen LogP contribution in [0, 0.1) is 0 Å². The molecule has 0 aromatic carbocycles. The lowest BCUT2D eigenvalue weighted by atomic mass is 9.75. The van der Waals surface area contributed by atoms with Crippen LogP contribution < -0.4 is 11.1 Å². The zero-order valence-electron chi connectivity index (χ0n) is 10.0. The molecule has 0 aliphatic heterocycles. The lowest BCUT2D eigenvalue weighted by molar-refractivity contribution is 0.0739. The Morgan fingerprint density at radius 1 is 1.50 bits per heavy atom. The molecule has 1 aliphatic carbocycles. The van der Waals surface area contributed by atoms with Crippen molar-refractivity contribution in [2.45, 2.75) is 24.8 Å². The summed E-state index contributed by atoms with van der Waals surface area (Å²) in [6.07, 6.45) is 7.30. The number of hydrogen-bond donors (Lipinski definition) is 2. The lowest BCUT2D eigenvalue weighted by Gasteiger charge is -2.47. The zero-order chi connectivity index (χ0) is 11.6. The van der Waals surface area contributed by atoms with Crippen LogP contribution >= 0.6 is 0 Å². The fourth-order valence-electron chi connectivity index (χ4n) is 2.19. The quantitative estimate of drug-likeness (QED) is 0.808. The molecule has 0 atom stereocenters. The Bertz CT molecular complexity index is 358. The third kappa shape index (κ3) is 1.97. The molecule has 0 amide bonds. The highest BCUT2D eigenvalue weighted by molar-refractivity contribution is 5.64. The average molecular weight is 220 g/mol. The van der Waals surface area contributed by atoms with Crippen molar-refractivity contribution in [3.63, 3.8) is 0 Å². The van der Waals surface area contributed by atoms with Gasteiger partial charge in [0.25, 0.3) is 0 Å². The van der Waals surface area contributed by atoms with Crippen LogP contribution in [-0.2, 0) is 0 Å². The largest absolute Gasteiger partial charge is 0.396 e. The number of nitrogen functional groups attached to an aromatic ring is 1. The Balaban J connectivity index is 1.99. The summed E-state index contributed by atoms with van der Waals surface area (Å²) in [6, 6.07) is 1.93. The minimum absolute atomic E-state index is 0.315. The van der Waals surface area contributed by atoms with Crippen molar-refractivity contribution < 1.29 is 0 Å². The smallest absolute Gasteiger partial charge is 0.0736 e. The van der Waals surface area contributed by atoms with Gasteiger partial charge in [0.1, 0.15) is 0 Å². The van der Waals surface area contributed by atoms with Crippen molar-refractivity contribution in [1.82, 2.24) is 9.88 Å². The standard InChI is InChI=1S/C12H20N4/c1-16(2)12(5-3-6-12)9-15-11-4-7-14-8-10(11)13/h4,7-8H,3,5-6,9,13H2,1-2H3,(H,14,15). The van der Waals surface area contributed by atoms with Crippen LogP contribution in [0.1, 0.15) is 19.3 Å². The fraction of sp³-hybridized carbons (Fsp3) is 0.583. The Morgan fingerprint density at radius 2 is 2.25 bits per heavy atom. The zero-order valence-corrected chi connectivity index (χ0v) is 10.0. The number of pyridine rings is 1. The van der Waals surface area contributed by atoms with Crippen LogP contribution in [-0.4, -0.2) is 36.1 Å². The van der Waals surface area contributed by atoms with E-state index < -0.39 is 0 Å². The molecule has 88 valence electrons. The topological polar surface area (TPSA) is 54.2 Å². The van der Waals surface area contributed by atoms with Gasteiger partial charge >= 0.3 is 0 Å². The van der Waals surface area contributed by atoms with Crippen molar-refractivity contribution in [1.29, 1.82) is 0 Å². The van der Waals surface area contributed by atoms with Crippen LogP contribution in [0.2, 0.25) is 0 Å². The second kappa shape index (κ2) is 4.29. The predicted molar refractivity (Wildman–Crippen MR) is 67.4 cm³/mol. The molecule has 1 aromatic heterocycles. The number of anilines is 2. The third-order valence-electron chi connectivity index (χ3n) is 3.69. The van der Waals surface area contributed by atoms with Gasteiger partial charge in [-0.05, 0) is 39.4 Å². The van der Waals surface area contributed by atoms with E-state index in [9.17, 15) is 0 Å². The first-order valence-corrected chi connectivity index (χ1v) is 5.75. The molecular weight excluding hydrogens is 200 g/mol. The van der Waals surface area contributed by atoms with Gasteiger partial charge in [0.2, 0.25) is 0 Å². The number of nitrogens with one attached hydrogen (secondary N) is 1. The van der Waals surface area contributed by atoms with E-state index in [0.717, 1.165) is 17.9 Å². The molecule has 4 heteroatoms. The molecule has 0 saturated heterocycles. The molecule has 0 bridgehead atoms. The van der Waals surface area contributed by atoms with E-state index in [4.69, 9.17) is 5.73 Å². The van der Waals surface area contributed by atoms with Gasteiger partial charge in [-0.15, -0.1) is 0 Å². The summed E-state index contributed by atoms with van der Waals surface area (Å²) in [7, 11) is 4.30. The summed E-state index contributed by atoms with van der Waals surface area (Å²) in [5.41, 5.74) is 7.87. The number of nitrogens with two attached hydrogens (primary N) is 1. The van der Waals surface area contributed by atoms with E-state index in [2.05, 4.69) is 29.3 Å². The summed E-state index contributed by atoms with van der Waals surface area (Å²) in [4.78, 5) is 6.30. The molecule has 2 rings (SSSR count). The molecular formula is C12H20N4. The molecule has 1 aromatic rings. The fourth-order valence-corrected chi connectivity index (χ4v) is 2.19. The van der Waals surface area contributed by atoms with Gasteiger partial charge in [0, 0.05) is 18.3 Å². The highest BCUT2D eigenvalue weighted by Crippen LogP contribution is 2.36. The molecule has 0 spiro atoms. The Kier molecular flexibility index (Phi) is 3.01. The number of nitrogens with zero attached hydrogens (tertiary/aromatic N) is 2. The van der Waals surface area contributed by atoms with Gasteiger partial charge in [-0.3, -0.25) is 4.98 Å². The van der Waals surface area contributed by atoms with Gasteiger partial charge in [-0.1, -0.05) is 0 Å². The molecule has 3 N–H and O–H groups in total. The van der Waals surface area contributed by atoms with Crippen molar-refractivity contribution in [2.75, 3.05) is 31.7 Å². The van der Waals surface area contributed by atoms with Gasteiger partial charge in [0.05, 0.1) is 17.6 Å². The minimum Gasteiger partial charge on any atom is -0.396 e. The average Bonchev–Trinajstić information content (AvgIpc) is 2.18. The number of hydrogen-bond acceptors (Lipinski definition) is 4. The molecule has 16 heavy (non-hydrogen) atoms. The van der Waals surface area contributed by atoms with E-state index in [-0.39, 0.29) is 0 Å². The second-order valence-electron chi connectivity index (χ2n) is 4.79. The maximum atomic E-state index is 5.85. The third-order valence-corrected chi connectivity index (χ3v) is 3.69. The maximum Gasteiger partial charge on any atom is 0.0736 e. The van der Waals surface area contributed by atoms with Crippen LogP contribution in [0.15, 0.2) is 18.5 Å². The van der Waals surface area contributed by atoms with E-state index in [1.807, 2.05) is 6.07 Å². The molecule has 1 heterocycles. The molecule has 0 unspecified atom stereocenters. The molecule has 4 nitrogen and oxygen atoms in total. The molecule has 1 fully saturated rings. The first-order chi connectivity index (χ1) is 7.64. The van der Waals surface area contributed by atoms with Crippen LogP contribution in [0.3, 0.4) is 0 Å². The lowest BCUT2D eigenvalue weighted by Crippen LogP contribution is -2.54. The van der Waals surface area contributed by atoms with Gasteiger partial charge < -0.3 is 16.0 Å². The first kappa shape index (κ1) is 11.2. The number of likely N-dealkylation sites (N-methyl/N-ethyl adjacent to an activating group) is 1. The van der Waals surface area contributed by atoms with Crippen LogP contribution in [0.5, 0.6) is 0 Å². The summed E-state index contributed by atoms with van der Waals surface area (Å²) >= 11 is 0. The van der Waals surface area contributed by atoms with E-state index in [1.165, 1.54) is 19.3 Å². The predicted octanol–water partition coefficient (Wildman–Crippen LogP) is 1.56. The summed E-state index contributed by atoms with van der Waals surface area (Å²) in [5, 5.41) is 3.43. The van der Waals surface area contributed by atoms with E-state index >= 15 is 0 Å². The Labute approximate surface area is 96.8 Å². The summed E-state index contributed by atoms with van der Waals surface area (Å²) < 4.78 is 0. The second-order valence-corrected chi connectivity index (χ2v) is 4.79. The number of rotatable bonds is 4. The SMILES string of the molecule is CN(C)C1(CNc2ccncc2N)CCC1. The van der Waals surface area contributed by atoms with Crippen LogP contribution in [0.25, 0.3) is 0 Å². The van der Waals surface area contributed by atoms with Crippen molar-refractivity contribution in [3.05, 3.63) is 18.5 Å². The molecule has 1 saturated carbocycles. The van der Waals surface area contributed by atoms with E-state index in [0.29, 0.717) is 5.54 Å². The van der Waals surface area contributed by atoms with Gasteiger partial charge in [-0.2, -0.15) is 0 Å². The Hall–Kier alpha value is -1.29. The van der Waals surface area contributed by atoms with Crippen LogP contribution in [0.4, 0.5) is 11.4 Å². The highest BCUT2D eigenvalue weighted by Gasteiger charge is 2.38. The Morgan fingerprint density at radius 3 is 2.75 bits per heavy atom. The minimum atomic E-state index is 0.315. The van der Waals surface area contributed by atoms with Crippen molar-refractivity contribution in [2.24, 2.45) is 0 Å². The normalized spacial score (nSPS) is 18.2. The monoisotopic (exact) mass is 220 g/mol.